The quantitative estimate of drug-likeness (QED) is 0.412. The van der Waals surface area contributed by atoms with Crippen LogP contribution in [0.5, 0.6) is 0 Å². The van der Waals surface area contributed by atoms with E-state index in [0.717, 1.165) is 5.92 Å². The molecule has 0 fully saturated rings. The highest BCUT2D eigenvalue weighted by Crippen LogP contribution is 2.08. The van der Waals surface area contributed by atoms with Crippen molar-refractivity contribution in [3.8, 4) is 0 Å². The number of hydrogen-bond donors (Lipinski definition) is 0. The minimum Gasteiger partial charge on any atom is -0.0856 e. The monoisotopic (exact) mass is 154 g/mol. The molecule has 11 heavy (non-hydrogen) atoms. The molecule has 0 aliphatic rings. The first kappa shape index (κ1) is 10.7. The van der Waals surface area contributed by atoms with E-state index in [2.05, 4.69) is 33.8 Å². The molecule has 0 aromatic heterocycles. The maximum atomic E-state index is 2.38. The van der Waals surface area contributed by atoms with Crippen molar-refractivity contribution < 1.29 is 0 Å². The predicted molar refractivity (Wildman–Crippen MR) is 52.7 cm³/mol. The van der Waals surface area contributed by atoms with Crippen LogP contribution in [-0.2, 0) is 0 Å². The van der Waals surface area contributed by atoms with Crippen molar-refractivity contribution in [1.82, 2.24) is 0 Å². The zero-order valence-electron chi connectivity index (χ0n) is 8.48. The molecular formula is C11H22. The lowest BCUT2D eigenvalue weighted by molar-refractivity contribution is 0.559. The molecule has 0 aromatic carbocycles. The molecular weight excluding hydrogens is 132 g/mol. The Kier molecular flexibility index (Phi) is 6.30. The summed E-state index contributed by atoms with van der Waals surface area (Å²) in [6, 6.07) is 0. The van der Waals surface area contributed by atoms with Crippen molar-refractivity contribution in [1.29, 1.82) is 0 Å². The molecule has 0 aliphatic heterocycles. The first-order chi connectivity index (χ1) is 5.16. The van der Waals surface area contributed by atoms with Gasteiger partial charge in [0.1, 0.15) is 0 Å². The van der Waals surface area contributed by atoms with Crippen molar-refractivity contribution in [2.45, 2.75) is 53.4 Å². The van der Waals surface area contributed by atoms with Crippen molar-refractivity contribution in [2.75, 3.05) is 0 Å². The summed E-state index contributed by atoms with van der Waals surface area (Å²) in [5, 5.41) is 0. The van der Waals surface area contributed by atoms with E-state index in [4.69, 9.17) is 0 Å². The summed E-state index contributed by atoms with van der Waals surface area (Å²) in [6.45, 7) is 9.01. The lowest BCUT2D eigenvalue weighted by Crippen LogP contribution is -1.85. The van der Waals surface area contributed by atoms with Crippen LogP contribution in [0.3, 0.4) is 0 Å². The van der Waals surface area contributed by atoms with Gasteiger partial charge in [-0.15, -0.1) is 0 Å². The Morgan fingerprint density at radius 2 is 2.00 bits per heavy atom. The Bertz CT molecular complexity index is 109. The Balaban J connectivity index is 3.26. The van der Waals surface area contributed by atoms with E-state index in [1.165, 1.54) is 31.3 Å². The zero-order chi connectivity index (χ0) is 8.69. The van der Waals surface area contributed by atoms with Crippen LogP contribution in [0.2, 0.25) is 0 Å². The summed E-state index contributed by atoms with van der Waals surface area (Å²) in [5.74, 6) is 0.866. The molecule has 0 bridgehead atoms. The predicted octanol–water partition coefficient (Wildman–Crippen LogP) is 4.17. The van der Waals surface area contributed by atoms with Gasteiger partial charge in [-0.1, -0.05) is 38.8 Å². The van der Waals surface area contributed by atoms with Crippen LogP contribution in [-0.4, -0.2) is 0 Å². The summed E-state index contributed by atoms with van der Waals surface area (Å²) >= 11 is 0. The molecule has 0 saturated carbocycles. The van der Waals surface area contributed by atoms with E-state index in [1.807, 2.05) is 0 Å². The Labute approximate surface area is 71.7 Å². The van der Waals surface area contributed by atoms with Crippen molar-refractivity contribution in [3.63, 3.8) is 0 Å². The molecule has 0 N–H and O–H groups in total. The third-order valence-corrected chi connectivity index (χ3v) is 2.04. The van der Waals surface area contributed by atoms with Crippen molar-refractivity contribution in [3.05, 3.63) is 11.6 Å². The fraction of sp³-hybridized carbons (Fsp3) is 0.818. The van der Waals surface area contributed by atoms with E-state index in [1.54, 1.807) is 0 Å². The first-order valence-electron chi connectivity index (χ1n) is 4.82. The molecule has 0 aromatic rings. The summed E-state index contributed by atoms with van der Waals surface area (Å²) in [4.78, 5) is 0. The molecule has 0 nitrogen and oxygen atoms in total. The van der Waals surface area contributed by atoms with Gasteiger partial charge in [-0.05, 0) is 32.1 Å². The summed E-state index contributed by atoms with van der Waals surface area (Å²) < 4.78 is 0. The lowest BCUT2D eigenvalue weighted by atomic mass is 10.1. The average molecular weight is 154 g/mol. The second-order valence-electron chi connectivity index (χ2n) is 3.73. The molecule has 0 spiro atoms. The number of unbranched alkanes of at least 4 members (excludes halogenated alkanes) is 1. The number of hydrogen-bond acceptors (Lipinski definition) is 0. The van der Waals surface area contributed by atoms with Crippen LogP contribution in [0.15, 0.2) is 11.6 Å². The molecule has 0 aliphatic carbocycles. The Morgan fingerprint density at radius 3 is 2.45 bits per heavy atom. The zero-order valence-corrected chi connectivity index (χ0v) is 8.48. The Morgan fingerprint density at radius 1 is 1.36 bits per heavy atom. The van der Waals surface area contributed by atoms with Gasteiger partial charge in [0.2, 0.25) is 0 Å². The molecule has 0 unspecified atom stereocenters. The maximum Gasteiger partial charge on any atom is -0.0348 e. The van der Waals surface area contributed by atoms with Gasteiger partial charge in [-0.25, -0.2) is 0 Å². The fourth-order valence-electron chi connectivity index (χ4n) is 1.02. The van der Waals surface area contributed by atoms with Gasteiger partial charge in [-0.3, -0.25) is 0 Å². The third-order valence-electron chi connectivity index (χ3n) is 2.04. The smallest absolute Gasteiger partial charge is 0.0348 e. The van der Waals surface area contributed by atoms with Crippen LogP contribution in [0.25, 0.3) is 0 Å². The Hall–Kier alpha value is -0.260. The first-order valence-corrected chi connectivity index (χ1v) is 4.82. The fourth-order valence-corrected chi connectivity index (χ4v) is 1.02. The third kappa shape index (κ3) is 7.64. The van der Waals surface area contributed by atoms with Gasteiger partial charge in [0.15, 0.2) is 0 Å². The van der Waals surface area contributed by atoms with E-state index < -0.39 is 0 Å². The van der Waals surface area contributed by atoms with Gasteiger partial charge < -0.3 is 0 Å². The molecule has 0 atom stereocenters. The number of rotatable bonds is 5. The second kappa shape index (κ2) is 6.45. The molecule has 0 radical (unpaired) electrons. The van der Waals surface area contributed by atoms with Crippen LogP contribution in [0.1, 0.15) is 53.4 Å². The standard InChI is InChI=1S/C11H22/c1-5-11(4)9-7-6-8-10(2)3/h9-10H,5-8H2,1-4H3. The summed E-state index contributed by atoms with van der Waals surface area (Å²) in [7, 11) is 0. The highest BCUT2D eigenvalue weighted by Gasteiger charge is 1.91. The topological polar surface area (TPSA) is 0 Å². The van der Waals surface area contributed by atoms with E-state index in [-0.39, 0.29) is 0 Å². The van der Waals surface area contributed by atoms with E-state index in [0.29, 0.717) is 0 Å². The van der Waals surface area contributed by atoms with Gasteiger partial charge in [0.25, 0.3) is 0 Å². The van der Waals surface area contributed by atoms with Gasteiger partial charge >= 0.3 is 0 Å². The van der Waals surface area contributed by atoms with Crippen molar-refractivity contribution in [2.24, 2.45) is 5.92 Å². The van der Waals surface area contributed by atoms with Crippen LogP contribution in [0, 0.1) is 5.92 Å². The van der Waals surface area contributed by atoms with Crippen LogP contribution in [0.4, 0.5) is 0 Å². The van der Waals surface area contributed by atoms with Gasteiger partial charge in [-0.2, -0.15) is 0 Å². The molecule has 0 amide bonds. The van der Waals surface area contributed by atoms with Crippen LogP contribution < -0.4 is 0 Å². The average Bonchev–Trinajstić information content (AvgIpc) is 1.97. The largest absolute Gasteiger partial charge is 0.0856 e. The number of allylic oxidation sites excluding steroid dienone is 2. The van der Waals surface area contributed by atoms with E-state index in [9.17, 15) is 0 Å². The summed E-state index contributed by atoms with van der Waals surface area (Å²) in [6.07, 6.45) is 7.59. The van der Waals surface area contributed by atoms with E-state index >= 15 is 0 Å². The molecule has 0 rings (SSSR count). The summed E-state index contributed by atoms with van der Waals surface area (Å²) in [5.41, 5.74) is 1.54. The van der Waals surface area contributed by atoms with Gasteiger partial charge in [0.05, 0.1) is 0 Å². The lowest BCUT2D eigenvalue weighted by Gasteiger charge is -2.01. The molecule has 0 heterocycles. The minimum absolute atomic E-state index is 0.866. The SMILES string of the molecule is CCC(C)=CCCCC(C)C. The molecule has 0 saturated heterocycles. The molecule has 66 valence electrons. The highest BCUT2D eigenvalue weighted by molar-refractivity contribution is 4.96. The van der Waals surface area contributed by atoms with Crippen LogP contribution >= 0.6 is 0 Å². The maximum absolute atomic E-state index is 2.38. The van der Waals surface area contributed by atoms with Crippen molar-refractivity contribution >= 4 is 0 Å². The van der Waals surface area contributed by atoms with Gasteiger partial charge in [0, 0.05) is 0 Å². The molecule has 0 heteroatoms. The highest BCUT2D eigenvalue weighted by atomic mass is 14.0. The normalized spacial score (nSPS) is 12.6. The second-order valence-corrected chi connectivity index (χ2v) is 3.73. The minimum atomic E-state index is 0.866.